The molecular formula is C23H23N3O4S. The predicted molar refractivity (Wildman–Crippen MR) is 119 cm³/mol. The fraction of sp³-hybridized carbons (Fsp3) is 0.304. The highest BCUT2D eigenvalue weighted by atomic mass is 32.2. The summed E-state index contributed by atoms with van der Waals surface area (Å²) in [6.45, 7) is 0.382. The van der Waals surface area contributed by atoms with Gasteiger partial charge in [0.05, 0.1) is 50.5 Å². The van der Waals surface area contributed by atoms with Gasteiger partial charge in [-0.3, -0.25) is 9.69 Å². The summed E-state index contributed by atoms with van der Waals surface area (Å²) in [5.74, 6) is 2.35. The number of hydrogen-bond donors (Lipinski definition) is 0. The van der Waals surface area contributed by atoms with Crippen molar-refractivity contribution in [3.05, 3.63) is 58.6 Å². The molecule has 0 spiro atoms. The van der Waals surface area contributed by atoms with Crippen LogP contribution in [0.15, 0.2) is 53.1 Å². The average Bonchev–Trinajstić information content (AvgIpc) is 2.83. The summed E-state index contributed by atoms with van der Waals surface area (Å²) in [5.41, 5.74) is 2.47. The van der Waals surface area contributed by atoms with Crippen LogP contribution in [0.1, 0.15) is 17.9 Å². The number of fused-ring (bicyclic) bond motifs is 1. The van der Waals surface area contributed by atoms with Gasteiger partial charge < -0.3 is 19.1 Å². The number of carbonyl (C=O) groups excluding carboxylic acids is 1. The van der Waals surface area contributed by atoms with E-state index in [4.69, 9.17) is 14.2 Å². The highest BCUT2D eigenvalue weighted by Crippen LogP contribution is 2.44. The number of hydrogen-bond acceptors (Lipinski definition) is 7. The summed E-state index contributed by atoms with van der Waals surface area (Å²) in [5, 5.41) is 10.7. The molecule has 0 unspecified atom stereocenters. The Morgan fingerprint density at radius 1 is 1.06 bits per heavy atom. The molecule has 2 aliphatic heterocycles. The zero-order valence-corrected chi connectivity index (χ0v) is 18.4. The van der Waals surface area contributed by atoms with Gasteiger partial charge in [0.1, 0.15) is 5.75 Å². The Kier molecular flexibility index (Phi) is 5.96. The van der Waals surface area contributed by atoms with Crippen LogP contribution < -0.4 is 19.1 Å². The lowest BCUT2D eigenvalue weighted by molar-refractivity contribution is -0.129. The first-order valence-corrected chi connectivity index (χ1v) is 10.8. The maximum absolute atomic E-state index is 13.1. The van der Waals surface area contributed by atoms with E-state index in [-0.39, 0.29) is 18.2 Å². The normalized spacial score (nSPS) is 18.4. The highest BCUT2D eigenvalue weighted by Gasteiger charge is 2.38. The van der Waals surface area contributed by atoms with Gasteiger partial charge in [-0.1, -0.05) is 23.9 Å². The van der Waals surface area contributed by atoms with Crippen LogP contribution in [0.5, 0.6) is 17.2 Å². The summed E-state index contributed by atoms with van der Waals surface area (Å²) in [4.78, 5) is 16.9. The fourth-order valence-electron chi connectivity index (χ4n) is 3.89. The van der Waals surface area contributed by atoms with Crippen LogP contribution in [0.25, 0.3) is 0 Å². The Bertz CT molecular complexity index is 1080. The molecule has 0 aliphatic carbocycles. The van der Waals surface area contributed by atoms with E-state index in [0.29, 0.717) is 35.4 Å². The lowest BCUT2D eigenvalue weighted by Crippen LogP contribution is -2.47. The first-order valence-electron chi connectivity index (χ1n) is 9.78. The summed E-state index contributed by atoms with van der Waals surface area (Å²) < 4.78 is 16.0. The molecule has 2 aromatic rings. The number of ether oxygens (including phenoxy) is 3. The van der Waals surface area contributed by atoms with E-state index in [1.165, 1.54) is 11.8 Å². The number of nitriles is 1. The Morgan fingerprint density at radius 2 is 1.87 bits per heavy atom. The molecule has 0 saturated carbocycles. The predicted octanol–water partition coefficient (Wildman–Crippen LogP) is 3.93. The van der Waals surface area contributed by atoms with Crippen molar-refractivity contribution < 1.29 is 19.0 Å². The van der Waals surface area contributed by atoms with Gasteiger partial charge >= 0.3 is 0 Å². The SMILES string of the molecule is COc1cccc([C@@H]2CC(=O)N3CN(c4ccc(OC)c(OC)c4)CSC3=C2C#N)c1. The van der Waals surface area contributed by atoms with Crippen LogP contribution in [0.4, 0.5) is 5.69 Å². The second-order valence-corrected chi connectivity index (χ2v) is 8.11. The van der Waals surface area contributed by atoms with Crippen molar-refractivity contribution in [1.29, 1.82) is 5.26 Å². The molecule has 1 amide bonds. The maximum atomic E-state index is 13.1. The van der Waals surface area contributed by atoms with E-state index in [2.05, 4.69) is 11.0 Å². The molecule has 2 aliphatic rings. The number of nitrogens with zero attached hydrogens (tertiary/aromatic N) is 3. The minimum absolute atomic E-state index is 0.000466. The molecule has 4 rings (SSSR count). The minimum Gasteiger partial charge on any atom is -0.497 e. The first-order chi connectivity index (χ1) is 15.1. The number of methoxy groups -OCH3 is 3. The minimum atomic E-state index is -0.265. The number of rotatable bonds is 5. The zero-order chi connectivity index (χ0) is 22.0. The molecule has 2 heterocycles. The second-order valence-electron chi connectivity index (χ2n) is 7.18. The number of anilines is 1. The van der Waals surface area contributed by atoms with Gasteiger partial charge in [0.25, 0.3) is 0 Å². The molecule has 8 heteroatoms. The largest absolute Gasteiger partial charge is 0.497 e. The molecule has 1 atom stereocenters. The number of carbonyl (C=O) groups is 1. The molecule has 0 bridgehead atoms. The highest BCUT2D eigenvalue weighted by molar-refractivity contribution is 8.03. The van der Waals surface area contributed by atoms with Crippen LogP contribution in [-0.4, -0.2) is 44.7 Å². The third-order valence-corrected chi connectivity index (χ3v) is 6.68. The van der Waals surface area contributed by atoms with Gasteiger partial charge in [0.15, 0.2) is 11.5 Å². The van der Waals surface area contributed by atoms with Crippen LogP contribution in [-0.2, 0) is 4.79 Å². The van der Waals surface area contributed by atoms with Gasteiger partial charge in [-0.2, -0.15) is 5.26 Å². The molecule has 31 heavy (non-hydrogen) atoms. The molecule has 1 fully saturated rings. The van der Waals surface area contributed by atoms with Crippen LogP contribution >= 0.6 is 11.8 Å². The number of amides is 1. The van der Waals surface area contributed by atoms with E-state index in [1.54, 1.807) is 26.2 Å². The molecule has 2 aromatic carbocycles. The topological polar surface area (TPSA) is 75.0 Å². The van der Waals surface area contributed by atoms with Crippen molar-refractivity contribution in [2.45, 2.75) is 12.3 Å². The zero-order valence-electron chi connectivity index (χ0n) is 17.6. The Hall–Kier alpha value is -3.31. The molecule has 0 radical (unpaired) electrons. The van der Waals surface area contributed by atoms with Crippen LogP contribution in [0.2, 0.25) is 0 Å². The lowest BCUT2D eigenvalue weighted by atomic mass is 9.86. The Morgan fingerprint density at radius 3 is 2.58 bits per heavy atom. The van der Waals surface area contributed by atoms with E-state index < -0.39 is 0 Å². The van der Waals surface area contributed by atoms with Gasteiger partial charge in [-0.05, 0) is 29.8 Å². The van der Waals surface area contributed by atoms with Crippen LogP contribution in [0, 0.1) is 11.3 Å². The standard InChI is InChI=1S/C23H23N3O4S/c1-28-17-6-4-5-15(9-17)18-11-22(27)26-13-25(14-31-23(26)19(18)12-24)16-7-8-20(29-2)21(10-16)30-3/h4-10,18H,11,13-14H2,1-3H3/t18-/m0/s1. The van der Waals surface area contributed by atoms with Crippen LogP contribution in [0.3, 0.4) is 0 Å². The number of allylic oxidation sites excluding steroid dienone is 1. The summed E-state index contributed by atoms with van der Waals surface area (Å²) in [6, 6.07) is 15.6. The molecular weight excluding hydrogens is 414 g/mol. The van der Waals surface area contributed by atoms with Gasteiger partial charge in [0, 0.05) is 24.1 Å². The smallest absolute Gasteiger partial charge is 0.229 e. The molecule has 160 valence electrons. The van der Waals surface area contributed by atoms with Gasteiger partial charge in [-0.25, -0.2) is 0 Å². The van der Waals surface area contributed by atoms with Gasteiger partial charge in [-0.15, -0.1) is 0 Å². The summed E-state index contributed by atoms with van der Waals surface area (Å²) >= 11 is 1.50. The van der Waals surface area contributed by atoms with Crippen molar-refractivity contribution in [2.24, 2.45) is 0 Å². The van der Waals surface area contributed by atoms with E-state index in [0.717, 1.165) is 16.3 Å². The van der Waals surface area contributed by atoms with Crippen molar-refractivity contribution in [1.82, 2.24) is 4.90 Å². The molecule has 0 aromatic heterocycles. The lowest BCUT2D eigenvalue weighted by Gasteiger charge is -2.42. The Labute approximate surface area is 185 Å². The molecule has 7 nitrogen and oxygen atoms in total. The monoisotopic (exact) mass is 437 g/mol. The van der Waals surface area contributed by atoms with E-state index in [9.17, 15) is 10.1 Å². The number of thioether (sulfide) groups is 1. The summed E-state index contributed by atoms with van der Waals surface area (Å²) in [6.07, 6.45) is 0.250. The average molecular weight is 438 g/mol. The fourth-order valence-corrected chi connectivity index (χ4v) is 5.06. The van der Waals surface area contributed by atoms with Crippen molar-refractivity contribution in [3.8, 4) is 23.3 Å². The van der Waals surface area contributed by atoms with Crippen molar-refractivity contribution in [2.75, 3.05) is 38.8 Å². The molecule has 1 saturated heterocycles. The molecule has 0 N–H and O–H groups in total. The first kappa shape index (κ1) is 20.9. The van der Waals surface area contributed by atoms with E-state index in [1.807, 2.05) is 42.5 Å². The maximum Gasteiger partial charge on any atom is 0.229 e. The van der Waals surface area contributed by atoms with Crippen molar-refractivity contribution in [3.63, 3.8) is 0 Å². The summed E-state index contributed by atoms with van der Waals surface area (Å²) in [7, 11) is 4.80. The van der Waals surface area contributed by atoms with E-state index >= 15 is 0 Å². The quantitative estimate of drug-likeness (QED) is 0.701. The second kappa shape index (κ2) is 8.82. The third kappa shape index (κ3) is 3.89. The number of benzene rings is 2. The third-order valence-electron chi connectivity index (χ3n) is 5.52. The van der Waals surface area contributed by atoms with Crippen molar-refractivity contribution >= 4 is 23.4 Å². The Balaban J connectivity index is 1.64. The van der Waals surface area contributed by atoms with Gasteiger partial charge in [0.2, 0.25) is 5.91 Å².